The fraction of sp³-hybridized carbons (Fsp3) is 0.463. The number of aromatic hydroxyl groups is 1. The largest absolute Gasteiger partial charge is 0.511 e. The van der Waals surface area contributed by atoms with Crippen LogP contribution in [0.1, 0.15) is 59.3 Å². The lowest BCUT2D eigenvalue weighted by Crippen LogP contribution is -2.54. The van der Waals surface area contributed by atoms with E-state index in [-0.39, 0.29) is 42.3 Å². The van der Waals surface area contributed by atoms with E-state index in [1.165, 1.54) is 13.1 Å². The Labute approximate surface area is 331 Å². The molecule has 0 aliphatic carbocycles. The average Bonchev–Trinajstić information content (AvgIpc) is 3.37. The number of benzene rings is 2. The molecule has 2 aromatic carbocycles. The van der Waals surface area contributed by atoms with Crippen LogP contribution in [0.15, 0.2) is 54.7 Å². The highest BCUT2D eigenvalue weighted by molar-refractivity contribution is 5.91. The van der Waals surface area contributed by atoms with Crippen LogP contribution in [0, 0.1) is 13.8 Å². The molecular formula is C41H50N6O10. The summed E-state index contributed by atoms with van der Waals surface area (Å²) in [5, 5.41) is 13.4. The third kappa shape index (κ3) is 10.0. The first-order chi connectivity index (χ1) is 27.4. The molecule has 6 rings (SSSR count). The zero-order valence-electron chi connectivity index (χ0n) is 32.8. The quantitative estimate of drug-likeness (QED) is 0.159. The van der Waals surface area contributed by atoms with Crippen LogP contribution in [0.4, 0.5) is 25.9 Å². The van der Waals surface area contributed by atoms with Gasteiger partial charge in [0, 0.05) is 77.1 Å². The number of pyridine rings is 1. The summed E-state index contributed by atoms with van der Waals surface area (Å²) in [6.45, 7) is 9.60. The maximum absolute atomic E-state index is 14.1. The third-order valence-electron chi connectivity index (χ3n) is 10.5. The first kappa shape index (κ1) is 40.6. The van der Waals surface area contributed by atoms with Crippen molar-refractivity contribution >= 4 is 41.7 Å². The lowest BCUT2D eigenvalue weighted by atomic mass is 10.0. The molecule has 16 heteroatoms. The summed E-state index contributed by atoms with van der Waals surface area (Å²) >= 11 is 0. The standard InChI is InChI=1S/C41H50N6O10/c1-5-54-41(53)56-28(4)55-38(50)31-10-11-35(42-25-31)44-18-20-45(21-19-44)37(49)34(24-29-22-26(2)36(48)27(3)23-29)57-40(52)46-15-13-32(14-16-46)47-17-12-30-8-6-7-9-33(30)43-39(47)51/h6-11,22-23,25,28,32,34,48H,5,12-21,24H2,1-4H3,(H,43,51)/t28?,34-/m1/s1. The lowest BCUT2D eigenvalue weighted by molar-refractivity contribution is -0.141. The van der Waals surface area contributed by atoms with Crippen LogP contribution in [-0.4, -0.2) is 126 Å². The van der Waals surface area contributed by atoms with Crippen molar-refractivity contribution in [1.29, 1.82) is 0 Å². The average molecular weight is 787 g/mol. The van der Waals surface area contributed by atoms with Crippen molar-refractivity contribution in [1.82, 2.24) is 19.7 Å². The van der Waals surface area contributed by atoms with Gasteiger partial charge < -0.3 is 49.0 Å². The number of esters is 1. The number of carbonyl (C=O) groups excluding carboxylic acids is 5. The number of para-hydroxylation sites is 1. The molecule has 0 radical (unpaired) electrons. The van der Waals surface area contributed by atoms with Gasteiger partial charge in [0.25, 0.3) is 5.91 Å². The summed E-state index contributed by atoms with van der Waals surface area (Å²) in [4.78, 5) is 76.5. The van der Waals surface area contributed by atoms with Crippen molar-refractivity contribution in [3.8, 4) is 5.75 Å². The van der Waals surface area contributed by atoms with E-state index in [0.29, 0.717) is 75.6 Å². The van der Waals surface area contributed by atoms with Gasteiger partial charge in [0.2, 0.25) is 6.29 Å². The van der Waals surface area contributed by atoms with E-state index in [9.17, 15) is 29.1 Å². The Hall–Kier alpha value is -6.06. The number of phenolic OH excluding ortho intramolecular Hbond substituents is 1. The topological polar surface area (TPSA) is 180 Å². The van der Waals surface area contributed by atoms with Crippen molar-refractivity contribution in [2.45, 2.75) is 71.8 Å². The molecule has 3 aliphatic heterocycles. The Balaban J connectivity index is 1.05. The molecule has 0 saturated carbocycles. The van der Waals surface area contributed by atoms with E-state index in [1.54, 1.807) is 54.8 Å². The minimum atomic E-state index is -1.16. The van der Waals surface area contributed by atoms with Gasteiger partial charge >= 0.3 is 24.2 Å². The molecule has 1 aromatic heterocycles. The number of carbonyl (C=O) groups is 5. The number of likely N-dealkylation sites (tertiary alicyclic amines) is 1. The number of ether oxygens (including phenoxy) is 4. The Kier molecular flexibility index (Phi) is 13.0. The van der Waals surface area contributed by atoms with E-state index in [2.05, 4.69) is 10.3 Å². The number of nitrogens with one attached hydrogen (secondary N) is 1. The molecule has 304 valence electrons. The minimum absolute atomic E-state index is 0.0411. The van der Waals surface area contributed by atoms with Gasteiger partial charge in [0.05, 0.1) is 12.2 Å². The molecule has 57 heavy (non-hydrogen) atoms. The van der Waals surface area contributed by atoms with Crippen molar-refractivity contribution in [3.63, 3.8) is 0 Å². The first-order valence-electron chi connectivity index (χ1n) is 19.3. The second kappa shape index (κ2) is 18.3. The molecule has 3 aromatic rings. The molecule has 2 saturated heterocycles. The molecule has 3 aliphatic rings. The number of urea groups is 1. The number of aromatic nitrogens is 1. The summed E-state index contributed by atoms with van der Waals surface area (Å²) < 4.78 is 20.7. The molecule has 2 fully saturated rings. The van der Waals surface area contributed by atoms with Crippen LogP contribution < -0.4 is 10.2 Å². The molecule has 2 atom stereocenters. The van der Waals surface area contributed by atoms with Gasteiger partial charge in [-0.25, -0.2) is 24.2 Å². The zero-order chi connectivity index (χ0) is 40.6. The van der Waals surface area contributed by atoms with Gasteiger partial charge in [-0.05, 0) is 80.5 Å². The normalized spacial score (nSPS) is 17.1. The van der Waals surface area contributed by atoms with Crippen LogP contribution in [0.2, 0.25) is 0 Å². The number of rotatable bonds is 10. The highest BCUT2D eigenvalue weighted by Crippen LogP contribution is 2.27. The number of amides is 4. The number of fused-ring (bicyclic) bond motifs is 1. The fourth-order valence-corrected chi connectivity index (χ4v) is 7.43. The molecule has 0 bridgehead atoms. The highest BCUT2D eigenvalue weighted by atomic mass is 16.8. The van der Waals surface area contributed by atoms with E-state index < -0.39 is 30.6 Å². The van der Waals surface area contributed by atoms with Crippen molar-refractivity contribution in [2.24, 2.45) is 0 Å². The molecule has 1 unspecified atom stereocenters. The second-order valence-electron chi connectivity index (χ2n) is 14.4. The second-order valence-corrected chi connectivity index (χ2v) is 14.4. The predicted molar refractivity (Wildman–Crippen MR) is 208 cm³/mol. The summed E-state index contributed by atoms with van der Waals surface area (Å²) in [6.07, 6.45) is -0.409. The zero-order valence-corrected chi connectivity index (χ0v) is 32.8. The first-order valence-corrected chi connectivity index (χ1v) is 19.3. The maximum Gasteiger partial charge on any atom is 0.511 e. The van der Waals surface area contributed by atoms with Crippen LogP contribution in [0.3, 0.4) is 0 Å². The van der Waals surface area contributed by atoms with Crippen LogP contribution in [-0.2, 0) is 36.6 Å². The maximum atomic E-state index is 14.1. The van der Waals surface area contributed by atoms with E-state index in [4.69, 9.17) is 18.9 Å². The summed E-state index contributed by atoms with van der Waals surface area (Å²) in [7, 11) is 0. The smallest absolute Gasteiger partial charge is 0.507 e. The molecule has 0 spiro atoms. The van der Waals surface area contributed by atoms with Gasteiger partial charge in [0.15, 0.2) is 6.10 Å². The molecule has 4 amide bonds. The molecular weight excluding hydrogens is 736 g/mol. The van der Waals surface area contributed by atoms with Crippen LogP contribution in [0.5, 0.6) is 5.75 Å². The Morgan fingerprint density at radius 2 is 1.60 bits per heavy atom. The van der Waals surface area contributed by atoms with Gasteiger partial charge in [-0.1, -0.05) is 30.3 Å². The SMILES string of the molecule is CCOC(=O)OC(C)OC(=O)c1ccc(N2CCN(C(=O)[C@@H](Cc3cc(C)c(O)c(C)c3)OC(=O)N3CCC(N4CCc5ccccc5NC4=O)CC3)CC2)nc1. The van der Waals surface area contributed by atoms with Gasteiger partial charge in [-0.2, -0.15) is 0 Å². The number of hydrogen-bond donors (Lipinski definition) is 2. The molecule has 2 N–H and O–H groups in total. The lowest BCUT2D eigenvalue weighted by Gasteiger charge is -2.39. The monoisotopic (exact) mass is 786 g/mol. The number of nitrogens with zero attached hydrogens (tertiary/aromatic N) is 5. The Morgan fingerprint density at radius 3 is 2.26 bits per heavy atom. The van der Waals surface area contributed by atoms with Gasteiger partial charge in [-0.15, -0.1) is 0 Å². The van der Waals surface area contributed by atoms with E-state index in [1.807, 2.05) is 34.1 Å². The number of aryl methyl sites for hydroxylation is 2. The summed E-state index contributed by atoms with van der Waals surface area (Å²) in [5.41, 5.74) is 4.15. The number of piperazine rings is 1. The number of hydrogen-bond acceptors (Lipinski definition) is 12. The van der Waals surface area contributed by atoms with Crippen molar-refractivity contribution in [3.05, 3.63) is 82.5 Å². The van der Waals surface area contributed by atoms with Gasteiger partial charge in [-0.3, -0.25) is 4.79 Å². The van der Waals surface area contributed by atoms with E-state index >= 15 is 0 Å². The fourth-order valence-electron chi connectivity index (χ4n) is 7.43. The third-order valence-corrected chi connectivity index (χ3v) is 10.5. The van der Waals surface area contributed by atoms with Crippen LogP contribution >= 0.6 is 0 Å². The summed E-state index contributed by atoms with van der Waals surface area (Å²) in [5.74, 6) is -0.276. The Bertz CT molecular complexity index is 1920. The Morgan fingerprint density at radius 1 is 0.895 bits per heavy atom. The predicted octanol–water partition coefficient (Wildman–Crippen LogP) is 5.03. The minimum Gasteiger partial charge on any atom is -0.507 e. The summed E-state index contributed by atoms with van der Waals surface area (Å²) in [6, 6.07) is 14.4. The highest BCUT2D eigenvalue weighted by Gasteiger charge is 2.36. The number of anilines is 2. The van der Waals surface area contributed by atoms with E-state index in [0.717, 1.165) is 23.2 Å². The van der Waals surface area contributed by atoms with Gasteiger partial charge in [0.1, 0.15) is 11.6 Å². The number of piperidine rings is 1. The number of phenols is 1. The molecule has 16 nitrogen and oxygen atoms in total. The van der Waals surface area contributed by atoms with Crippen molar-refractivity contribution in [2.75, 3.05) is 62.6 Å². The van der Waals surface area contributed by atoms with Crippen molar-refractivity contribution < 1.29 is 48.0 Å². The molecule has 4 heterocycles. The van der Waals surface area contributed by atoms with Crippen LogP contribution in [0.25, 0.3) is 0 Å².